The highest BCUT2D eigenvalue weighted by molar-refractivity contribution is 6.33. The van der Waals surface area contributed by atoms with Crippen molar-refractivity contribution in [3.63, 3.8) is 0 Å². The smallest absolute Gasteiger partial charge is 0.274 e. The van der Waals surface area contributed by atoms with E-state index in [0.29, 0.717) is 16.8 Å². The molecule has 2 unspecified atom stereocenters. The van der Waals surface area contributed by atoms with Gasteiger partial charge in [-0.25, -0.2) is 4.98 Å². The molecule has 0 bridgehead atoms. The van der Waals surface area contributed by atoms with E-state index in [1.165, 1.54) is 0 Å². The largest absolute Gasteiger partial charge is 0.384 e. The summed E-state index contributed by atoms with van der Waals surface area (Å²) in [5.74, 6) is 0.719. The Kier molecular flexibility index (Phi) is 3.76. The molecular weight excluding hydrogens is 250 g/mol. The molecule has 0 aromatic carbocycles. The summed E-state index contributed by atoms with van der Waals surface area (Å²) in [5.41, 5.74) is 5.88. The minimum Gasteiger partial charge on any atom is -0.384 e. The number of pyridine rings is 1. The highest BCUT2D eigenvalue weighted by atomic mass is 35.5. The van der Waals surface area contributed by atoms with E-state index < -0.39 is 0 Å². The van der Waals surface area contributed by atoms with Gasteiger partial charge in [0.25, 0.3) is 5.91 Å². The number of anilines is 1. The maximum atomic E-state index is 12.5. The highest BCUT2D eigenvalue weighted by Crippen LogP contribution is 2.25. The number of nitrogen functional groups attached to an aromatic ring is 1. The number of carbonyl (C=O) groups is 1. The van der Waals surface area contributed by atoms with E-state index in [-0.39, 0.29) is 17.6 Å². The first-order valence-corrected chi connectivity index (χ1v) is 6.60. The number of amides is 1. The van der Waals surface area contributed by atoms with E-state index in [9.17, 15) is 4.79 Å². The molecule has 1 fully saturated rings. The lowest BCUT2D eigenvalue weighted by Gasteiger charge is -2.36. The number of hydrogen-bond acceptors (Lipinski definition) is 3. The summed E-state index contributed by atoms with van der Waals surface area (Å²) in [5, 5.41) is 0.361. The molecule has 1 aliphatic heterocycles. The van der Waals surface area contributed by atoms with Crippen LogP contribution in [-0.2, 0) is 0 Å². The van der Waals surface area contributed by atoms with E-state index in [4.69, 9.17) is 17.3 Å². The summed E-state index contributed by atoms with van der Waals surface area (Å²) in [7, 11) is 0. The van der Waals surface area contributed by atoms with Gasteiger partial charge in [0.15, 0.2) is 0 Å². The van der Waals surface area contributed by atoms with Crippen LogP contribution >= 0.6 is 11.6 Å². The number of likely N-dealkylation sites (tertiary alicyclic amines) is 1. The molecule has 98 valence electrons. The molecule has 1 aliphatic rings. The fraction of sp³-hybridized carbons (Fsp3) is 0.538. The van der Waals surface area contributed by atoms with Crippen molar-refractivity contribution >= 4 is 23.3 Å². The first-order chi connectivity index (χ1) is 8.49. The average molecular weight is 268 g/mol. The Balaban J connectivity index is 2.27. The SMILES string of the molecule is CC1CCC(C)N(C(=O)c2nc(N)ccc2Cl)C1. The topological polar surface area (TPSA) is 59.2 Å². The fourth-order valence-electron chi connectivity index (χ4n) is 2.31. The van der Waals surface area contributed by atoms with Crippen LogP contribution in [0.4, 0.5) is 5.82 Å². The van der Waals surface area contributed by atoms with Crippen LogP contribution in [0.15, 0.2) is 12.1 Å². The van der Waals surface area contributed by atoms with Gasteiger partial charge in [-0.3, -0.25) is 4.79 Å². The number of aromatic nitrogens is 1. The molecule has 4 nitrogen and oxygen atoms in total. The van der Waals surface area contributed by atoms with Gasteiger partial charge in [-0.1, -0.05) is 18.5 Å². The van der Waals surface area contributed by atoms with Crippen LogP contribution in [0.25, 0.3) is 0 Å². The van der Waals surface area contributed by atoms with Gasteiger partial charge in [0.2, 0.25) is 0 Å². The zero-order chi connectivity index (χ0) is 13.3. The van der Waals surface area contributed by atoms with Crippen molar-refractivity contribution < 1.29 is 4.79 Å². The van der Waals surface area contributed by atoms with Crippen molar-refractivity contribution in [3.05, 3.63) is 22.8 Å². The van der Waals surface area contributed by atoms with E-state index in [2.05, 4.69) is 18.8 Å². The molecule has 18 heavy (non-hydrogen) atoms. The van der Waals surface area contributed by atoms with E-state index in [1.54, 1.807) is 12.1 Å². The zero-order valence-electron chi connectivity index (χ0n) is 10.7. The number of nitrogens with zero attached hydrogens (tertiary/aromatic N) is 2. The van der Waals surface area contributed by atoms with Crippen LogP contribution in [-0.4, -0.2) is 28.4 Å². The lowest BCUT2D eigenvalue weighted by molar-refractivity contribution is 0.0568. The van der Waals surface area contributed by atoms with Crippen LogP contribution < -0.4 is 5.73 Å². The maximum absolute atomic E-state index is 12.5. The molecule has 2 atom stereocenters. The molecule has 1 aromatic rings. The first-order valence-electron chi connectivity index (χ1n) is 6.22. The average Bonchev–Trinajstić information content (AvgIpc) is 2.34. The van der Waals surface area contributed by atoms with Crippen molar-refractivity contribution in [2.24, 2.45) is 5.92 Å². The lowest BCUT2D eigenvalue weighted by atomic mass is 9.95. The molecule has 0 radical (unpaired) electrons. The Morgan fingerprint density at radius 1 is 1.44 bits per heavy atom. The third-order valence-corrected chi connectivity index (χ3v) is 3.75. The molecule has 2 heterocycles. The summed E-state index contributed by atoms with van der Waals surface area (Å²) in [6.45, 7) is 4.97. The summed E-state index contributed by atoms with van der Waals surface area (Å²) in [6, 6.07) is 3.45. The summed E-state index contributed by atoms with van der Waals surface area (Å²) in [4.78, 5) is 18.4. The summed E-state index contributed by atoms with van der Waals surface area (Å²) >= 11 is 6.03. The van der Waals surface area contributed by atoms with Crippen molar-refractivity contribution in [2.75, 3.05) is 12.3 Å². The lowest BCUT2D eigenvalue weighted by Crippen LogP contribution is -2.45. The van der Waals surface area contributed by atoms with Crippen LogP contribution in [0.1, 0.15) is 37.2 Å². The Hall–Kier alpha value is -1.29. The normalized spacial score (nSPS) is 24.1. The highest BCUT2D eigenvalue weighted by Gasteiger charge is 2.29. The fourth-order valence-corrected chi connectivity index (χ4v) is 2.50. The monoisotopic (exact) mass is 267 g/mol. The molecule has 2 rings (SSSR count). The molecule has 5 heteroatoms. The Morgan fingerprint density at radius 3 is 2.89 bits per heavy atom. The zero-order valence-corrected chi connectivity index (χ0v) is 11.4. The van der Waals surface area contributed by atoms with Gasteiger partial charge in [0, 0.05) is 12.6 Å². The molecular formula is C13H18ClN3O. The predicted molar refractivity (Wildman–Crippen MR) is 72.6 cm³/mol. The van der Waals surface area contributed by atoms with Gasteiger partial charge in [-0.2, -0.15) is 0 Å². The second-order valence-corrected chi connectivity index (χ2v) is 5.46. The molecule has 1 aromatic heterocycles. The minimum absolute atomic E-state index is 0.119. The maximum Gasteiger partial charge on any atom is 0.274 e. The number of rotatable bonds is 1. The first kappa shape index (κ1) is 13.1. The quantitative estimate of drug-likeness (QED) is 0.851. The number of hydrogen-bond donors (Lipinski definition) is 1. The van der Waals surface area contributed by atoms with Crippen molar-refractivity contribution in [1.82, 2.24) is 9.88 Å². The van der Waals surface area contributed by atoms with Gasteiger partial charge in [-0.15, -0.1) is 0 Å². The van der Waals surface area contributed by atoms with Crippen LogP contribution in [0.5, 0.6) is 0 Å². The number of halogens is 1. The van der Waals surface area contributed by atoms with E-state index in [0.717, 1.165) is 19.4 Å². The number of carbonyl (C=O) groups excluding carboxylic acids is 1. The Bertz CT molecular complexity index is 464. The van der Waals surface area contributed by atoms with Gasteiger partial charge in [-0.05, 0) is 37.8 Å². The summed E-state index contributed by atoms with van der Waals surface area (Å²) in [6.07, 6.45) is 2.18. The number of piperidine rings is 1. The van der Waals surface area contributed by atoms with E-state index in [1.807, 2.05) is 4.90 Å². The standard InChI is InChI=1S/C13H18ClN3O/c1-8-3-4-9(2)17(7-8)13(18)12-10(14)5-6-11(15)16-12/h5-6,8-9H,3-4,7H2,1-2H3,(H2,15,16). The second kappa shape index (κ2) is 5.14. The second-order valence-electron chi connectivity index (χ2n) is 5.06. The molecule has 2 N–H and O–H groups in total. The summed E-state index contributed by atoms with van der Waals surface area (Å²) < 4.78 is 0. The molecule has 1 amide bonds. The molecule has 1 saturated heterocycles. The molecule has 0 spiro atoms. The van der Waals surface area contributed by atoms with Crippen LogP contribution in [0.3, 0.4) is 0 Å². The van der Waals surface area contributed by atoms with Gasteiger partial charge in [0.05, 0.1) is 5.02 Å². The molecule has 0 aliphatic carbocycles. The van der Waals surface area contributed by atoms with Crippen molar-refractivity contribution in [3.8, 4) is 0 Å². The third-order valence-electron chi connectivity index (χ3n) is 3.45. The van der Waals surface area contributed by atoms with Crippen molar-refractivity contribution in [1.29, 1.82) is 0 Å². The Morgan fingerprint density at radius 2 is 2.17 bits per heavy atom. The minimum atomic E-state index is -0.119. The van der Waals surface area contributed by atoms with E-state index >= 15 is 0 Å². The Labute approximate surface area is 112 Å². The number of nitrogens with two attached hydrogens (primary N) is 1. The van der Waals surface area contributed by atoms with Crippen molar-refractivity contribution in [2.45, 2.75) is 32.7 Å². The van der Waals surface area contributed by atoms with Gasteiger partial charge >= 0.3 is 0 Å². The van der Waals surface area contributed by atoms with Crippen LogP contribution in [0, 0.1) is 5.92 Å². The van der Waals surface area contributed by atoms with Crippen LogP contribution in [0.2, 0.25) is 5.02 Å². The van der Waals surface area contributed by atoms with Gasteiger partial charge < -0.3 is 10.6 Å². The molecule has 0 saturated carbocycles. The predicted octanol–water partition coefficient (Wildman–Crippen LogP) is 2.58. The van der Waals surface area contributed by atoms with Gasteiger partial charge in [0.1, 0.15) is 11.5 Å². The third kappa shape index (κ3) is 2.58.